The Bertz CT molecular complexity index is 509. The quantitative estimate of drug-likeness (QED) is 0.473. The maximum absolute atomic E-state index is 13.5. The molecule has 1 atom stereocenters. The molecule has 1 aromatic carbocycles. The first-order valence-corrected chi connectivity index (χ1v) is 7.37. The van der Waals surface area contributed by atoms with E-state index in [1.165, 1.54) is 6.07 Å². The third kappa shape index (κ3) is 4.65. The fourth-order valence-electron chi connectivity index (χ4n) is 1.30. The van der Waals surface area contributed by atoms with Crippen molar-refractivity contribution in [2.24, 2.45) is 4.40 Å². The van der Waals surface area contributed by atoms with Gasteiger partial charge in [0.05, 0.1) is 5.71 Å². The van der Waals surface area contributed by atoms with Crippen molar-refractivity contribution in [1.29, 1.82) is 0 Å². The summed E-state index contributed by atoms with van der Waals surface area (Å²) in [5.74, 6) is -0.307. The highest BCUT2D eigenvalue weighted by Crippen LogP contribution is 2.22. The molecule has 1 rings (SSSR count). The van der Waals surface area contributed by atoms with E-state index in [-0.39, 0.29) is 12.4 Å². The summed E-state index contributed by atoms with van der Waals surface area (Å²) in [7, 11) is 0. The number of hydrogen-bond donors (Lipinski definition) is 0. The Hall–Kier alpha value is -1.33. The maximum atomic E-state index is 13.5. The Morgan fingerprint density at radius 2 is 2.15 bits per heavy atom. The van der Waals surface area contributed by atoms with Gasteiger partial charge in [0.1, 0.15) is 22.7 Å². The second-order valence-electron chi connectivity index (χ2n) is 5.28. The summed E-state index contributed by atoms with van der Waals surface area (Å²) in [5, 5.41) is 0. The van der Waals surface area contributed by atoms with E-state index in [2.05, 4.69) is 11.0 Å². The largest absolute Gasteiger partial charge is 0.591 e. The standard InChI is InChI=1S/C15H20FNO2S/c1-6-9-19-14-10-12(7-8-13(14)16)11(2)17-20(18)15(3,4)5/h6-8,10H,1,9H2,2-5H3/b17-11-. The zero-order valence-corrected chi connectivity index (χ0v) is 13.1. The highest BCUT2D eigenvalue weighted by molar-refractivity contribution is 7.91. The van der Waals surface area contributed by atoms with Crippen LogP contribution in [0, 0.1) is 5.82 Å². The highest BCUT2D eigenvalue weighted by Gasteiger charge is 2.26. The Labute approximate surface area is 122 Å². The van der Waals surface area contributed by atoms with Crippen molar-refractivity contribution in [3.63, 3.8) is 0 Å². The van der Waals surface area contributed by atoms with Crippen LogP contribution in [0.1, 0.15) is 33.3 Å². The molecule has 5 heteroatoms. The summed E-state index contributed by atoms with van der Waals surface area (Å²) >= 11 is -1.35. The van der Waals surface area contributed by atoms with Crippen molar-refractivity contribution in [3.8, 4) is 5.75 Å². The molecule has 3 nitrogen and oxygen atoms in total. The predicted molar refractivity (Wildman–Crippen MR) is 82.2 cm³/mol. The Morgan fingerprint density at radius 3 is 2.70 bits per heavy atom. The van der Waals surface area contributed by atoms with Gasteiger partial charge in [-0.25, -0.2) is 4.39 Å². The van der Waals surface area contributed by atoms with Gasteiger partial charge in [0.2, 0.25) is 0 Å². The van der Waals surface area contributed by atoms with Gasteiger partial charge in [0, 0.05) is 5.56 Å². The van der Waals surface area contributed by atoms with Crippen molar-refractivity contribution in [1.82, 2.24) is 0 Å². The van der Waals surface area contributed by atoms with Crippen LogP contribution in [0.4, 0.5) is 4.39 Å². The minimum atomic E-state index is -1.35. The van der Waals surface area contributed by atoms with Crippen molar-refractivity contribution < 1.29 is 13.7 Å². The molecule has 0 saturated heterocycles. The SMILES string of the molecule is C=CCOc1cc(/C(C)=N\[S+]([O-])C(C)(C)C)ccc1F. The van der Waals surface area contributed by atoms with E-state index in [9.17, 15) is 8.94 Å². The van der Waals surface area contributed by atoms with Crippen LogP contribution in [0.15, 0.2) is 35.3 Å². The first-order chi connectivity index (χ1) is 9.25. The topological polar surface area (TPSA) is 44.6 Å². The smallest absolute Gasteiger partial charge is 0.165 e. The van der Waals surface area contributed by atoms with E-state index in [0.717, 1.165) is 0 Å². The molecule has 0 heterocycles. The molecule has 0 fully saturated rings. The molecule has 0 spiro atoms. The predicted octanol–water partition coefficient (Wildman–Crippen LogP) is 3.66. The molecule has 0 aromatic heterocycles. The average Bonchev–Trinajstić information content (AvgIpc) is 2.36. The number of hydrogen-bond acceptors (Lipinski definition) is 3. The van der Waals surface area contributed by atoms with Gasteiger partial charge in [-0.05, 0) is 45.9 Å². The van der Waals surface area contributed by atoms with Gasteiger partial charge in [-0.1, -0.05) is 17.1 Å². The lowest BCUT2D eigenvalue weighted by molar-refractivity contribution is 0.342. The fourth-order valence-corrected chi connectivity index (χ4v) is 1.93. The highest BCUT2D eigenvalue weighted by atomic mass is 32.2. The molecule has 0 radical (unpaired) electrons. The Balaban J connectivity index is 3.01. The lowest BCUT2D eigenvalue weighted by atomic mass is 10.1. The maximum Gasteiger partial charge on any atom is 0.165 e. The number of rotatable bonds is 5. The molecule has 0 aliphatic rings. The van der Waals surface area contributed by atoms with E-state index >= 15 is 0 Å². The number of benzene rings is 1. The van der Waals surface area contributed by atoms with Crippen LogP contribution in [-0.2, 0) is 11.4 Å². The molecular weight excluding hydrogens is 277 g/mol. The molecule has 1 unspecified atom stereocenters. The molecule has 20 heavy (non-hydrogen) atoms. The van der Waals surface area contributed by atoms with Crippen LogP contribution in [0.3, 0.4) is 0 Å². The molecule has 0 bridgehead atoms. The molecule has 0 N–H and O–H groups in total. The fraction of sp³-hybridized carbons (Fsp3) is 0.400. The molecule has 0 amide bonds. The van der Waals surface area contributed by atoms with Gasteiger partial charge < -0.3 is 9.29 Å². The molecule has 0 saturated carbocycles. The lowest BCUT2D eigenvalue weighted by Crippen LogP contribution is -2.26. The lowest BCUT2D eigenvalue weighted by Gasteiger charge is -2.18. The van der Waals surface area contributed by atoms with Gasteiger partial charge in [-0.3, -0.25) is 0 Å². The normalized spacial score (nSPS) is 14.0. The van der Waals surface area contributed by atoms with Crippen LogP contribution >= 0.6 is 0 Å². The van der Waals surface area contributed by atoms with E-state index in [1.54, 1.807) is 25.1 Å². The summed E-state index contributed by atoms with van der Waals surface area (Å²) in [6.45, 7) is 11.0. The minimum Gasteiger partial charge on any atom is -0.591 e. The zero-order valence-electron chi connectivity index (χ0n) is 12.3. The minimum absolute atomic E-state index is 0.137. The van der Waals surface area contributed by atoms with Crippen molar-refractivity contribution in [2.75, 3.05) is 6.61 Å². The summed E-state index contributed by atoms with van der Waals surface area (Å²) in [4.78, 5) is 0. The number of halogens is 1. The molecule has 0 aliphatic heterocycles. The number of ether oxygens (including phenoxy) is 1. The van der Waals surface area contributed by atoms with Gasteiger partial charge >= 0.3 is 0 Å². The van der Waals surface area contributed by atoms with Crippen LogP contribution in [0.5, 0.6) is 5.75 Å². The molecule has 0 aliphatic carbocycles. The van der Waals surface area contributed by atoms with Gasteiger partial charge in [0.25, 0.3) is 0 Å². The van der Waals surface area contributed by atoms with Gasteiger partial charge in [0.15, 0.2) is 11.6 Å². The van der Waals surface area contributed by atoms with E-state index < -0.39 is 21.9 Å². The average molecular weight is 297 g/mol. The first kappa shape index (κ1) is 16.7. The molecule has 110 valence electrons. The van der Waals surface area contributed by atoms with Crippen LogP contribution in [0.2, 0.25) is 0 Å². The third-order valence-corrected chi connectivity index (χ3v) is 3.94. The monoisotopic (exact) mass is 297 g/mol. The second kappa shape index (κ2) is 6.90. The van der Waals surface area contributed by atoms with E-state index in [0.29, 0.717) is 11.3 Å². The van der Waals surface area contributed by atoms with Crippen LogP contribution < -0.4 is 4.74 Å². The summed E-state index contributed by atoms with van der Waals surface area (Å²) in [5.41, 5.74) is 1.27. The summed E-state index contributed by atoms with van der Waals surface area (Å²) in [6, 6.07) is 4.46. The van der Waals surface area contributed by atoms with Crippen molar-refractivity contribution in [3.05, 3.63) is 42.2 Å². The van der Waals surface area contributed by atoms with E-state index in [4.69, 9.17) is 4.74 Å². The first-order valence-electron chi connectivity index (χ1n) is 6.26. The van der Waals surface area contributed by atoms with E-state index in [1.807, 2.05) is 20.8 Å². The van der Waals surface area contributed by atoms with Gasteiger partial charge in [-0.15, -0.1) is 0 Å². The van der Waals surface area contributed by atoms with Crippen molar-refractivity contribution in [2.45, 2.75) is 32.4 Å². The Morgan fingerprint density at radius 1 is 1.50 bits per heavy atom. The summed E-state index contributed by atoms with van der Waals surface area (Å²) in [6.07, 6.45) is 1.54. The van der Waals surface area contributed by atoms with Gasteiger partial charge in [-0.2, -0.15) is 0 Å². The zero-order chi connectivity index (χ0) is 15.3. The third-order valence-electron chi connectivity index (χ3n) is 2.45. The van der Waals surface area contributed by atoms with Crippen LogP contribution in [0.25, 0.3) is 0 Å². The van der Waals surface area contributed by atoms with Crippen LogP contribution in [-0.4, -0.2) is 21.6 Å². The second-order valence-corrected chi connectivity index (χ2v) is 7.19. The molecule has 1 aromatic rings. The molecular formula is C15H20FNO2S. The summed E-state index contributed by atoms with van der Waals surface area (Å²) < 4.78 is 34.5. The Kier molecular flexibility index (Phi) is 5.77. The van der Waals surface area contributed by atoms with Crippen molar-refractivity contribution >= 4 is 17.1 Å². The number of nitrogens with zero attached hydrogens (tertiary/aromatic N) is 1.